The highest BCUT2D eigenvalue weighted by Gasteiger charge is 2.19. The maximum Gasteiger partial charge on any atom is 0.308 e. The molecular weight excluding hydrogens is 392 g/mol. The molecule has 0 N–H and O–H groups in total. The lowest BCUT2D eigenvalue weighted by Gasteiger charge is -2.16. The summed E-state index contributed by atoms with van der Waals surface area (Å²) < 4.78 is 5.71. The lowest BCUT2D eigenvalue weighted by Crippen LogP contribution is -2.18. The highest BCUT2D eigenvalue weighted by Crippen LogP contribution is 2.21. The molecule has 0 spiro atoms. The molecule has 0 fully saturated rings. The smallest absolute Gasteiger partial charge is 0.308 e. The van der Waals surface area contributed by atoms with Gasteiger partial charge in [-0.1, -0.05) is 156 Å². The summed E-state index contributed by atoms with van der Waals surface area (Å²) in [6, 6.07) is 0. The van der Waals surface area contributed by atoms with Crippen molar-refractivity contribution in [1.29, 1.82) is 0 Å². The molecule has 0 saturated heterocycles. The van der Waals surface area contributed by atoms with Gasteiger partial charge >= 0.3 is 5.97 Å². The number of rotatable bonds is 26. The van der Waals surface area contributed by atoms with E-state index >= 15 is 0 Å². The molecule has 1 unspecified atom stereocenters. The summed E-state index contributed by atoms with van der Waals surface area (Å²) in [5.41, 5.74) is 0. The Labute approximate surface area is 203 Å². The van der Waals surface area contributed by atoms with Crippen molar-refractivity contribution >= 4 is 5.97 Å². The number of unbranched alkanes of at least 4 members (excludes halogenated alkanes) is 19. The molecule has 0 aromatic carbocycles. The minimum absolute atomic E-state index is 0.100. The van der Waals surface area contributed by atoms with Gasteiger partial charge in [0.05, 0.1) is 12.5 Å². The molecule has 0 rings (SSSR count). The second-order valence-electron chi connectivity index (χ2n) is 10.2. The molecule has 0 heterocycles. The molecule has 0 bridgehead atoms. The van der Waals surface area contributed by atoms with Gasteiger partial charge in [-0.3, -0.25) is 4.79 Å². The Morgan fingerprint density at radius 3 is 1.16 bits per heavy atom. The van der Waals surface area contributed by atoms with Gasteiger partial charge in [-0.25, -0.2) is 0 Å². The fraction of sp³-hybridized carbons (Fsp3) is 0.967. The van der Waals surface area contributed by atoms with Crippen LogP contribution < -0.4 is 0 Å². The fourth-order valence-electron chi connectivity index (χ4n) is 4.60. The maximum absolute atomic E-state index is 12.7. The van der Waals surface area contributed by atoms with E-state index in [0.29, 0.717) is 6.61 Å². The number of esters is 1. The van der Waals surface area contributed by atoms with Crippen LogP contribution >= 0.6 is 0 Å². The summed E-state index contributed by atoms with van der Waals surface area (Å²) in [4.78, 5) is 12.7. The summed E-state index contributed by atoms with van der Waals surface area (Å²) in [5, 5.41) is 0. The predicted octanol–water partition coefficient (Wildman–Crippen LogP) is 10.6. The second kappa shape index (κ2) is 26.7. The molecule has 32 heavy (non-hydrogen) atoms. The van der Waals surface area contributed by atoms with Crippen LogP contribution in [0, 0.1) is 5.92 Å². The molecule has 0 aromatic rings. The normalized spacial score (nSPS) is 12.2. The van der Waals surface area contributed by atoms with Gasteiger partial charge in [0.1, 0.15) is 0 Å². The molecular formula is C30H60O2. The zero-order chi connectivity index (χ0) is 23.5. The molecule has 2 nitrogen and oxygen atoms in total. The summed E-state index contributed by atoms with van der Waals surface area (Å²) in [7, 11) is 0. The minimum Gasteiger partial charge on any atom is -0.465 e. The second-order valence-corrected chi connectivity index (χ2v) is 10.2. The molecule has 0 aliphatic heterocycles. The van der Waals surface area contributed by atoms with Crippen molar-refractivity contribution in [1.82, 2.24) is 0 Å². The average Bonchev–Trinajstić information content (AvgIpc) is 2.80. The topological polar surface area (TPSA) is 26.3 Å². The minimum atomic E-state index is 0.100. The van der Waals surface area contributed by atoms with Crippen molar-refractivity contribution in [2.45, 2.75) is 175 Å². The molecule has 2 heteroatoms. The number of hydrogen-bond donors (Lipinski definition) is 0. The first-order chi connectivity index (χ1) is 15.8. The Hall–Kier alpha value is -0.530. The zero-order valence-corrected chi connectivity index (χ0v) is 22.6. The third-order valence-corrected chi connectivity index (χ3v) is 6.89. The van der Waals surface area contributed by atoms with E-state index in [-0.39, 0.29) is 11.9 Å². The zero-order valence-electron chi connectivity index (χ0n) is 22.6. The summed E-state index contributed by atoms with van der Waals surface area (Å²) in [6.45, 7) is 7.43. The van der Waals surface area contributed by atoms with Crippen LogP contribution in [0.3, 0.4) is 0 Å². The van der Waals surface area contributed by atoms with E-state index in [1.807, 2.05) is 0 Å². The molecule has 0 aliphatic rings. The van der Waals surface area contributed by atoms with Crippen LogP contribution in [0.4, 0.5) is 0 Å². The van der Waals surface area contributed by atoms with E-state index < -0.39 is 0 Å². The van der Waals surface area contributed by atoms with Gasteiger partial charge in [-0.15, -0.1) is 0 Å². The third kappa shape index (κ3) is 22.7. The highest BCUT2D eigenvalue weighted by molar-refractivity contribution is 5.72. The Kier molecular flexibility index (Phi) is 26.3. The molecule has 0 saturated carbocycles. The van der Waals surface area contributed by atoms with Gasteiger partial charge in [-0.05, 0) is 19.3 Å². The summed E-state index contributed by atoms with van der Waals surface area (Å²) in [5.74, 6) is 0.248. The van der Waals surface area contributed by atoms with Crippen LogP contribution in [0.1, 0.15) is 175 Å². The first-order valence-corrected chi connectivity index (χ1v) is 14.9. The van der Waals surface area contributed by atoms with Crippen LogP contribution in [-0.4, -0.2) is 12.6 Å². The van der Waals surface area contributed by atoms with Crippen LogP contribution in [0.25, 0.3) is 0 Å². The third-order valence-electron chi connectivity index (χ3n) is 6.89. The van der Waals surface area contributed by atoms with Gasteiger partial charge in [-0.2, -0.15) is 0 Å². The monoisotopic (exact) mass is 452 g/mol. The molecule has 1 atom stereocenters. The van der Waals surface area contributed by atoms with E-state index in [0.717, 1.165) is 19.3 Å². The number of hydrogen-bond acceptors (Lipinski definition) is 2. The van der Waals surface area contributed by atoms with Gasteiger partial charge in [0.15, 0.2) is 0 Å². The summed E-state index contributed by atoms with van der Waals surface area (Å²) >= 11 is 0. The lowest BCUT2D eigenvalue weighted by molar-refractivity contribution is -0.149. The molecule has 192 valence electrons. The van der Waals surface area contributed by atoms with E-state index in [1.165, 1.54) is 135 Å². The van der Waals surface area contributed by atoms with Gasteiger partial charge in [0.2, 0.25) is 0 Å². The molecule has 0 aromatic heterocycles. The quantitative estimate of drug-likeness (QED) is 0.0963. The molecule has 0 aliphatic carbocycles. The van der Waals surface area contributed by atoms with Gasteiger partial charge in [0.25, 0.3) is 0 Å². The van der Waals surface area contributed by atoms with Crippen molar-refractivity contribution in [3.63, 3.8) is 0 Å². The Bertz CT molecular complexity index is 366. The average molecular weight is 453 g/mol. The SMILES string of the molecule is CCCCCCCCCCCCC(CCCCCCCC)C(=O)OCCCCCCCC. The Balaban J connectivity index is 3.99. The van der Waals surface area contributed by atoms with E-state index in [1.54, 1.807) is 0 Å². The number of ether oxygens (including phenoxy) is 1. The Morgan fingerprint density at radius 2 is 0.781 bits per heavy atom. The number of carbonyl (C=O) groups excluding carboxylic acids is 1. The van der Waals surface area contributed by atoms with Crippen molar-refractivity contribution in [2.24, 2.45) is 5.92 Å². The largest absolute Gasteiger partial charge is 0.465 e. The van der Waals surface area contributed by atoms with Gasteiger partial charge in [0, 0.05) is 0 Å². The first kappa shape index (κ1) is 31.5. The standard InChI is InChI=1S/C30H60O2/c1-4-7-10-13-16-17-18-19-21-24-27-29(26-23-20-14-11-8-5-2)30(31)32-28-25-22-15-12-9-6-3/h29H,4-28H2,1-3H3. The van der Waals surface area contributed by atoms with Crippen molar-refractivity contribution < 1.29 is 9.53 Å². The van der Waals surface area contributed by atoms with E-state index in [2.05, 4.69) is 20.8 Å². The van der Waals surface area contributed by atoms with E-state index in [4.69, 9.17) is 4.74 Å². The highest BCUT2D eigenvalue weighted by atomic mass is 16.5. The van der Waals surface area contributed by atoms with Crippen LogP contribution in [0.2, 0.25) is 0 Å². The Morgan fingerprint density at radius 1 is 0.469 bits per heavy atom. The molecule has 0 amide bonds. The summed E-state index contributed by atoms with van der Waals surface area (Å²) in [6.07, 6.45) is 30.9. The van der Waals surface area contributed by atoms with Crippen molar-refractivity contribution in [3.8, 4) is 0 Å². The van der Waals surface area contributed by atoms with Crippen molar-refractivity contribution in [2.75, 3.05) is 6.61 Å². The van der Waals surface area contributed by atoms with Crippen molar-refractivity contribution in [3.05, 3.63) is 0 Å². The lowest BCUT2D eigenvalue weighted by atomic mass is 9.94. The molecule has 0 radical (unpaired) electrons. The van der Waals surface area contributed by atoms with Crippen LogP contribution in [0.15, 0.2) is 0 Å². The van der Waals surface area contributed by atoms with Gasteiger partial charge < -0.3 is 4.74 Å². The predicted molar refractivity (Wildman–Crippen MR) is 142 cm³/mol. The van der Waals surface area contributed by atoms with Crippen LogP contribution in [0.5, 0.6) is 0 Å². The number of carbonyl (C=O) groups is 1. The maximum atomic E-state index is 12.7. The fourth-order valence-corrected chi connectivity index (χ4v) is 4.60. The van der Waals surface area contributed by atoms with E-state index in [9.17, 15) is 4.79 Å². The first-order valence-electron chi connectivity index (χ1n) is 14.9. The van der Waals surface area contributed by atoms with Crippen LogP contribution in [-0.2, 0) is 9.53 Å².